The zero-order valence-electron chi connectivity index (χ0n) is 10.9. The Bertz CT molecular complexity index is 739. The van der Waals surface area contributed by atoms with E-state index in [9.17, 15) is 4.79 Å². The van der Waals surface area contributed by atoms with Crippen molar-refractivity contribution in [3.05, 3.63) is 41.8 Å². The van der Waals surface area contributed by atoms with Crippen LogP contribution in [-0.4, -0.2) is 16.1 Å². The molecule has 0 saturated carbocycles. The highest BCUT2D eigenvalue weighted by molar-refractivity contribution is 7.22. The number of aromatic nitrogens is 1. The van der Waals surface area contributed by atoms with Gasteiger partial charge >= 0.3 is 5.97 Å². The molecule has 0 aliphatic rings. The van der Waals surface area contributed by atoms with Crippen LogP contribution in [0.3, 0.4) is 0 Å². The maximum atomic E-state index is 11.2. The maximum absolute atomic E-state index is 11.2. The van der Waals surface area contributed by atoms with Crippen LogP contribution in [0.5, 0.6) is 0 Å². The van der Waals surface area contributed by atoms with Crippen LogP contribution in [-0.2, 0) is 6.42 Å². The second-order valence-corrected chi connectivity index (χ2v) is 5.58. The number of fused-ring (bicyclic) bond motifs is 1. The van der Waals surface area contributed by atoms with Crippen LogP contribution in [0, 0.1) is 0 Å². The number of carboxylic acid groups (broad SMARTS) is 1. The van der Waals surface area contributed by atoms with Crippen molar-refractivity contribution in [1.82, 2.24) is 4.98 Å². The lowest BCUT2D eigenvalue weighted by Crippen LogP contribution is -1.99. The standard InChI is InChI=1S/C15H13NO3S/c1-2-5-10-13(15(17)18)19-14(16-10)12-8-9-6-3-4-7-11(9)20-12/h3-4,6-8H,2,5H2,1H3,(H,17,18). The quantitative estimate of drug-likeness (QED) is 0.780. The second-order valence-electron chi connectivity index (χ2n) is 4.50. The van der Waals surface area contributed by atoms with Crippen LogP contribution in [0.25, 0.3) is 20.9 Å². The number of carbonyl (C=O) groups is 1. The second kappa shape index (κ2) is 5.09. The van der Waals surface area contributed by atoms with Crippen LogP contribution in [0.2, 0.25) is 0 Å². The highest BCUT2D eigenvalue weighted by Crippen LogP contribution is 2.34. The van der Waals surface area contributed by atoms with Crippen molar-refractivity contribution in [1.29, 1.82) is 0 Å². The molecule has 2 aromatic heterocycles. The summed E-state index contributed by atoms with van der Waals surface area (Å²) in [5, 5.41) is 10.3. The third-order valence-electron chi connectivity index (χ3n) is 3.01. The highest BCUT2D eigenvalue weighted by Gasteiger charge is 2.20. The number of oxazole rings is 1. The minimum Gasteiger partial charge on any atom is -0.475 e. The third kappa shape index (κ3) is 2.20. The molecule has 0 bridgehead atoms. The lowest BCUT2D eigenvalue weighted by Gasteiger charge is -1.91. The number of rotatable bonds is 4. The van der Waals surface area contributed by atoms with Gasteiger partial charge in [-0.1, -0.05) is 31.5 Å². The van der Waals surface area contributed by atoms with Crippen molar-refractivity contribution in [2.45, 2.75) is 19.8 Å². The van der Waals surface area contributed by atoms with Gasteiger partial charge in [0, 0.05) is 4.70 Å². The predicted molar refractivity (Wildman–Crippen MR) is 78.3 cm³/mol. The Kier molecular flexibility index (Phi) is 3.28. The molecule has 1 aromatic carbocycles. The number of aryl methyl sites for hydroxylation is 1. The Hall–Kier alpha value is -2.14. The van der Waals surface area contributed by atoms with Crippen molar-refractivity contribution >= 4 is 27.4 Å². The fourth-order valence-corrected chi connectivity index (χ4v) is 3.11. The summed E-state index contributed by atoms with van der Waals surface area (Å²) in [4.78, 5) is 16.4. The smallest absolute Gasteiger partial charge is 0.373 e. The van der Waals surface area contributed by atoms with Gasteiger partial charge in [0.2, 0.25) is 11.7 Å². The molecule has 0 aliphatic carbocycles. The van der Waals surface area contributed by atoms with E-state index >= 15 is 0 Å². The summed E-state index contributed by atoms with van der Waals surface area (Å²) in [6.07, 6.45) is 1.44. The molecule has 4 nitrogen and oxygen atoms in total. The molecule has 1 N–H and O–H groups in total. The number of nitrogens with zero attached hydrogens (tertiary/aromatic N) is 1. The number of benzene rings is 1. The predicted octanol–water partition coefficient (Wildman–Crippen LogP) is 4.21. The van der Waals surface area contributed by atoms with Crippen LogP contribution >= 0.6 is 11.3 Å². The molecular formula is C15H13NO3S. The Labute approximate surface area is 119 Å². The van der Waals surface area contributed by atoms with Crippen molar-refractivity contribution in [3.8, 4) is 10.8 Å². The monoisotopic (exact) mass is 287 g/mol. The summed E-state index contributed by atoms with van der Waals surface area (Å²) < 4.78 is 6.58. The zero-order chi connectivity index (χ0) is 14.1. The van der Waals surface area contributed by atoms with E-state index in [0.29, 0.717) is 18.0 Å². The molecule has 0 saturated heterocycles. The van der Waals surface area contributed by atoms with E-state index in [0.717, 1.165) is 21.4 Å². The van der Waals surface area contributed by atoms with Gasteiger partial charge in [0.1, 0.15) is 0 Å². The van der Waals surface area contributed by atoms with Gasteiger partial charge in [-0.05, 0) is 23.9 Å². The Morgan fingerprint density at radius 2 is 2.20 bits per heavy atom. The first-order valence-corrected chi connectivity index (χ1v) is 7.22. The number of carboxylic acids is 1. The summed E-state index contributed by atoms with van der Waals surface area (Å²) in [5.41, 5.74) is 0.521. The summed E-state index contributed by atoms with van der Waals surface area (Å²) in [5.74, 6) is -0.709. The van der Waals surface area contributed by atoms with E-state index in [1.165, 1.54) is 0 Å². The lowest BCUT2D eigenvalue weighted by atomic mass is 10.2. The Morgan fingerprint density at radius 3 is 2.90 bits per heavy atom. The van der Waals surface area contributed by atoms with Gasteiger partial charge in [0.25, 0.3) is 0 Å². The molecule has 102 valence electrons. The third-order valence-corrected chi connectivity index (χ3v) is 4.12. The topological polar surface area (TPSA) is 63.3 Å². The van der Waals surface area contributed by atoms with Crippen LogP contribution in [0.1, 0.15) is 29.6 Å². The molecule has 3 rings (SSSR count). The van der Waals surface area contributed by atoms with E-state index < -0.39 is 5.97 Å². The minimum atomic E-state index is -1.06. The lowest BCUT2D eigenvalue weighted by molar-refractivity contribution is 0.0662. The molecule has 0 radical (unpaired) electrons. The van der Waals surface area contributed by atoms with Gasteiger partial charge in [-0.3, -0.25) is 0 Å². The van der Waals surface area contributed by atoms with E-state index in [1.54, 1.807) is 11.3 Å². The average Bonchev–Trinajstić information content (AvgIpc) is 3.02. The molecule has 5 heteroatoms. The van der Waals surface area contributed by atoms with Crippen LogP contribution < -0.4 is 0 Å². The van der Waals surface area contributed by atoms with E-state index in [-0.39, 0.29) is 5.76 Å². The van der Waals surface area contributed by atoms with Crippen molar-refractivity contribution < 1.29 is 14.3 Å². The summed E-state index contributed by atoms with van der Waals surface area (Å²) in [6.45, 7) is 1.99. The molecule has 0 atom stereocenters. The van der Waals surface area contributed by atoms with Crippen LogP contribution in [0.4, 0.5) is 0 Å². The zero-order valence-corrected chi connectivity index (χ0v) is 11.7. The number of hydrogen-bond acceptors (Lipinski definition) is 4. The molecule has 0 amide bonds. The van der Waals surface area contributed by atoms with Crippen molar-refractivity contribution in [2.24, 2.45) is 0 Å². The molecule has 2 heterocycles. The molecule has 0 fully saturated rings. The fourth-order valence-electron chi connectivity index (χ4n) is 2.12. The molecule has 0 aliphatic heterocycles. The Balaban J connectivity index is 2.09. The van der Waals surface area contributed by atoms with Gasteiger partial charge in [0.15, 0.2) is 0 Å². The van der Waals surface area contributed by atoms with Gasteiger partial charge in [-0.2, -0.15) is 0 Å². The first-order valence-electron chi connectivity index (χ1n) is 6.41. The molecule has 20 heavy (non-hydrogen) atoms. The molecule has 3 aromatic rings. The van der Waals surface area contributed by atoms with Crippen LogP contribution in [0.15, 0.2) is 34.7 Å². The molecule has 0 unspecified atom stereocenters. The van der Waals surface area contributed by atoms with Gasteiger partial charge < -0.3 is 9.52 Å². The fraction of sp³-hybridized carbons (Fsp3) is 0.200. The molecular weight excluding hydrogens is 274 g/mol. The normalized spacial score (nSPS) is 11.1. The van der Waals surface area contributed by atoms with Gasteiger partial charge in [0.05, 0.1) is 10.6 Å². The Morgan fingerprint density at radius 1 is 1.40 bits per heavy atom. The summed E-state index contributed by atoms with van der Waals surface area (Å²) in [7, 11) is 0. The summed E-state index contributed by atoms with van der Waals surface area (Å²) >= 11 is 1.55. The maximum Gasteiger partial charge on any atom is 0.373 e. The van der Waals surface area contributed by atoms with E-state index in [4.69, 9.17) is 9.52 Å². The number of thiophene rings is 1. The van der Waals surface area contributed by atoms with E-state index in [2.05, 4.69) is 4.98 Å². The first kappa shape index (κ1) is 12.9. The largest absolute Gasteiger partial charge is 0.475 e. The minimum absolute atomic E-state index is 0.0423. The highest BCUT2D eigenvalue weighted by atomic mass is 32.1. The first-order chi connectivity index (χ1) is 9.69. The SMILES string of the molecule is CCCc1nc(-c2cc3ccccc3s2)oc1C(=O)O. The number of hydrogen-bond donors (Lipinski definition) is 1. The van der Waals surface area contributed by atoms with Crippen molar-refractivity contribution in [2.75, 3.05) is 0 Å². The van der Waals surface area contributed by atoms with Gasteiger partial charge in [-0.25, -0.2) is 9.78 Å². The van der Waals surface area contributed by atoms with E-state index in [1.807, 2.05) is 37.3 Å². The summed E-state index contributed by atoms with van der Waals surface area (Å²) in [6, 6.07) is 9.97. The van der Waals surface area contributed by atoms with Gasteiger partial charge in [-0.15, -0.1) is 11.3 Å². The average molecular weight is 287 g/mol. The molecule has 0 spiro atoms. The number of aromatic carboxylic acids is 1. The van der Waals surface area contributed by atoms with Crippen molar-refractivity contribution in [3.63, 3.8) is 0 Å².